The predicted molar refractivity (Wildman–Crippen MR) is 68.2 cm³/mol. The Labute approximate surface area is 106 Å². The van der Waals surface area contributed by atoms with Crippen LogP contribution in [0.5, 0.6) is 0 Å². The molecule has 1 unspecified atom stereocenters. The summed E-state index contributed by atoms with van der Waals surface area (Å²) in [6.45, 7) is 3.04. The van der Waals surface area contributed by atoms with Crippen molar-refractivity contribution in [3.05, 3.63) is 33.9 Å². The van der Waals surface area contributed by atoms with E-state index in [0.29, 0.717) is 5.92 Å². The van der Waals surface area contributed by atoms with Crippen LogP contribution in [0.4, 0.5) is 11.4 Å². The fourth-order valence-electron chi connectivity index (χ4n) is 2.01. The van der Waals surface area contributed by atoms with Gasteiger partial charge in [-0.1, -0.05) is 6.92 Å². The average Bonchev–Trinajstić information content (AvgIpc) is 3.19. The van der Waals surface area contributed by atoms with Crippen molar-refractivity contribution in [2.75, 3.05) is 11.9 Å². The van der Waals surface area contributed by atoms with E-state index in [1.54, 1.807) is 6.07 Å². The van der Waals surface area contributed by atoms with E-state index in [9.17, 15) is 10.1 Å². The second-order valence-electron chi connectivity index (χ2n) is 4.80. The highest BCUT2D eigenvalue weighted by molar-refractivity contribution is 5.58. The number of rotatable bonds is 5. The molecule has 0 aromatic heterocycles. The largest absolute Gasteiger partial charge is 0.385 e. The van der Waals surface area contributed by atoms with Gasteiger partial charge in [0.25, 0.3) is 5.69 Å². The van der Waals surface area contributed by atoms with Gasteiger partial charge in [-0.3, -0.25) is 10.1 Å². The summed E-state index contributed by atoms with van der Waals surface area (Å²) >= 11 is 0. The highest BCUT2D eigenvalue weighted by atomic mass is 16.6. The molecule has 94 valence electrons. The highest BCUT2D eigenvalue weighted by Crippen LogP contribution is 2.36. The number of nitrogens with one attached hydrogen (secondary N) is 1. The molecule has 0 radical (unpaired) electrons. The summed E-state index contributed by atoms with van der Waals surface area (Å²) in [6, 6.07) is 6.43. The summed E-state index contributed by atoms with van der Waals surface area (Å²) in [5.74, 6) is 1.41. The van der Waals surface area contributed by atoms with Crippen LogP contribution >= 0.6 is 0 Å². The number of nitriles is 1. The molecule has 1 aromatic carbocycles. The Bertz CT molecular complexity index is 503. The van der Waals surface area contributed by atoms with Crippen LogP contribution in [-0.2, 0) is 0 Å². The van der Waals surface area contributed by atoms with Crippen molar-refractivity contribution in [2.45, 2.75) is 19.8 Å². The number of hydrogen-bond acceptors (Lipinski definition) is 4. The zero-order chi connectivity index (χ0) is 13.1. The van der Waals surface area contributed by atoms with E-state index >= 15 is 0 Å². The van der Waals surface area contributed by atoms with Crippen molar-refractivity contribution in [1.29, 1.82) is 5.26 Å². The average molecular weight is 245 g/mol. The molecule has 5 heteroatoms. The standard InChI is InChI=1S/C13H15N3O2/c1-9(10-2-3-10)8-15-12-4-5-13(16(17)18)11(6-12)7-14/h4-6,9-10,15H,2-3,8H2,1H3. The predicted octanol–water partition coefficient (Wildman–Crippen LogP) is 2.92. The van der Waals surface area contributed by atoms with Crippen LogP contribution < -0.4 is 5.32 Å². The molecule has 1 fully saturated rings. The lowest BCUT2D eigenvalue weighted by Gasteiger charge is -2.12. The van der Waals surface area contributed by atoms with E-state index in [1.165, 1.54) is 25.0 Å². The molecule has 1 atom stereocenters. The molecule has 1 aromatic rings. The van der Waals surface area contributed by atoms with Gasteiger partial charge in [0.05, 0.1) is 4.92 Å². The second-order valence-corrected chi connectivity index (χ2v) is 4.80. The van der Waals surface area contributed by atoms with Crippen LogP contribution in [-0.4, -0.2) is 11.5 Å². The van der Waals surface area contributed by atoms with Crippen molar-refractivity contribution in [3.63, 3.8) is 0 Å². The molecule has 0 amide bonds. The van der Waals surface area contributed by atoms with E-state index in [1.807, 2.05) is 6.07 Å². The van der Waals surface area contributed by atoms with Crippen molar-refractivity contribution in [1.82, 2.24) is 0 Å². The Balaban J connectivity index is 2.05. The number of nitrogens with zero attached hydrogens (tertiary/aromatic N) is 2. The summed E-state index contributed by atoms with van der Waals surface area (Å²) in [6.07, 6.45) is 2.60. The molecule has 18 heavy (non-hydrogen) atoms. The second kappa shape index (κ2) is 5.05. The molecule has 1 saturated carbocycles. The van der Waals surface area contributed by atoms with Gasteiger partial charge in [0.15, 0.2) is 0 Å². The SMILES string of the molecule is CC(CNc1ccc([N+](=O)[O-])c(C#N)c1)C1CC1. The minimum absolute atomic E-state index is 0.101. The number of hydrogen-bond donors (Lipinski definition) is 1. The molecule has 0 bridgehead atoms. The summed E-state index contributed by atoms with van der Waals surface area (Å²) in [7, 11) is 0. The normalized spacial score (nSPS) is 15.8. The van der Waals surface area contributed by atoms with Crippen molar-refractivity contribution >= 4 is 11.4 Å². The summed E-state index contributed by atoms with van der Waals surface area (Å²) < 4.78 is 0. The summed E-state index contributed by atoms with van der Waals surface area (Å²) in [5.41, 5.74) is 0.729. The molecule has 0 spiro atoms. The monoisotopic (exact) mass is 245 g/mol. The first-order chi connectivity index (χ1) is 8.61. The van der Waals surface area contributed by atoms with E-state index in [0.717, 1.165) is 18.2 Å². The molecule has 1 aliphatic carbocycles. The molecular weight excluding hydrogens is 230 g/mol. The van der Waals surface area contributed by atoms with Gasteiger partial charge in [-0.05, 0) is 36.8 Å². The zero-order valence-electron chi connectivity index (χ0n) is 10.2. The van der Waals surface area contributed by atoms with Crippen molar-refractivity contribution in [3.8, 4) is 6.07 Å². The third kappa shape index (κ3) is 2.77. The first-order valence-electron chi connectivity index (χ1n) is 6.04. The first-order valence-corrected chi connectivity index (χ1v) is 6.04. The maximum Gasteiger partial charge on any atom is 0.287 e. The Morgan fingerprint density at radius 3 is 2.89 bits per heavy atom. The van der Waals surface area contributed by atoms with Crippen LogP contribution in [0.2, 0.25) is 0 Å². The van der Waals surface area contributed by atoms with Crippen molar-refractivity contribution < 1.29 is 4.92 Å². The molecule has 0 aliphatic heterocycles. The van der Waals surface area contributed by atoms with Crippen molar-refractivity contribution in [2.24, 2.45) is 11.8 Å². The lowest BCUT2D eigenvalue weighted by atomic mass is 10.1. The fraction of sp³-hybridized carbons (Fsp3) is 0.462. The minimum Gasteiger partial charge on any atom is -0.385 e. The Kier molecular flexibility index (Phi) is 3.47. The third-order valence-corrected chi connectivity index (χ3v) is 3.37. The minimum atomic E-state index is -0.533. The van der Waals surface area contributed by atoms with Crippen LogP contribution in [0.15, 0.2) is 18.2 Å². The van der Waals surface area contributed by atoms with E-state index in [-0.39, 0.29) is 11.3 Å². The summed E-state index contributed by atoms with van der Waals surface area (Å²) in [5, 5.41) is 22.8. The van der Waals surface area contributed by atoms with Gasteiger partial charge in [0.1, 0.15) is 11.6 Å². The van der Waals surface area contributed by atoms with Crippen LogP contribution in [0.1, 0.15) is 25.3 Å². The van der Waals surface area contributed by atoms with Gasteiger partial charge < -0.3 is 5.32 Å². The fourth-order valence-corrected chi connectivity index (χ4v) is 2.01. The maximum atomic E-state index is 10.7. The number of nitro groups is 1. The molecular formula is C13H15N3O2. The Morgan fingerprint density at radius 2 is 2.33 bits per heavy atom. The Hall–Kier alpha value is -2.09. The lowest BCUT2D eigenvalue weighted by molar-refractivity contribution is -0.385. The molecule has 0 heterocycles. The van der Waals surface area contributed by atoms with Crippen LogP contribution in [0.25, 0.3) is 0 Å². The molecule has 0 saturated heterocycles. The van der Waals surface area contributed by atoms with Gasteiger partial charge in [-0.2, -0.15) is 5.26 Å². The van der Waals surface area contributed by atoms with Crippen LogP contribution in [0.3, 0.4) is 0 Å². The van der Waals surface area contributed by atoms with E-state index in [4.69, 9.17) is 5.26 Å². The third-order valence-electron chi connectivity index (χ3n) is 3.37. The number of benzene rings is 1. The van der Waals surface area contributed by atoms with Gasteiger partial charge in [-0.25, -0.2) is 0 Å². The maximum absolute atomic E-state index is 10.7. The van der Waals surface area contributed by atoms with Crippen LogP contribution in [0, 0.1) is 33.3 Å². The van der Waals surface area contributed by atoms with E-state index in [2.05, 4.69) is 12.2 Å². The topological polar surface area (TPSA) is 79.0 Å². The quantitative estimate of drug-likeness (QED) is 0.639. The molecule has 1 N–H and O–H groups in total. The van der Waals surface area contributed by atoms with Gasteiger partial charge in [0, 0.05) is 18.3 Å². The van der Waals surface area contributed by atoms with Gasteiger partial charge in [0.2, 0.25) is 0 Å². The highest BCUT2D eigenvalue weighted by Gasteiger charge is 2.27. The van der Waals surface area contributed by atoms with E-state index < -0.39 is 4.92 Å². The van der Waals surface area contributed by atoms with Gasteiger partial charge in [-0.15, -0.1) is 0 Å². The molecule has 5 nitrogen and oxygen atoms in total. The molecule has 2 rings (SSSR count). The zero-order valence-corrected chi connectivity index (χ0v) is 10.2. The smallest absolute Gasteiger partial charge is 0.287 e. The molecule has 1 aliphatic rings. The number of anilines is 1. The lowest BCUT2D eigenvalue weighted by Crippen LogP contribution is -2.13. The summed E-state index contributed by atoms with van der Waals surface area (Å²) in [4.78, 5) is 10.2. The Morgan fingerprint density at radius 1 is 1.61 bits per heavy atom. The number of nitro benzene ring substituents is 1. The first kappa shape index (κ1) is 12.4. The van der Waals surface area contributed by atoms with Gasteiger partial charge >= 0.3 is 0 Å².